The van der Waals surface area contributed by atoms with Crippen molar-refractivity contribution in [3.8, 4) is 11.8 Å². The molecule has 0 aromatic heterocycles. The van der Waals surface area contributed by atoms with Gasteiger partial charge in [-0.15, -0.1) is 0 Å². The van der Waals surface area contributed by atoms with Crippen molar-refractivity contribution in [1.82, 2.24) is 0 Å². The van der Waals surface area contributed by atoms with Crippen molar-refractivity contribution in [3.63, 3.8) is 0 Å². The highest BCUT2D eigenvalue weighted by atomic mass is 35.7. The van der Waals surface area contributed by atoms with Crippen molar-refractivity contribution in [2.24, 2.45) is 0 Å². The summed E-state index contributed by atoms with van der Waals surface area (Å²) in [6, 6.07) is 6.15. The highest BCUT2D eigenvalue weighted by Crippen LogP contribution is 2.24. The highest BCUT2D eigenvalue weighted by Gasteiger charge is 2.12. The number of halogens is 1. The average molecular weight is 260 g/mol. The summed E-state index contributed by atoms with van der Waals surface area (Å²) in [5.74, 6) is 0.470. The van der Waals surface area contributed by atoms with Gasteiger partial charge in [-0.2, -0.15) is 5.26 Å². The molecule has 0 radical (unpaired) electrons. The maximum atomic E-state index is 11.0. The first-order valence-corrected chi connectivity index (χ1v) is 6.77. The smallest absolute Gasteiger partial charge is 0.261 e. The number of benzene rings is 1. The van der Waals surface area contributed by atoms with Crippen molar-refractivity contribution < 1.29 is 13.2 Å². The van der Waals surface area contributed by atoms with Crippen LogP contribution in [-0.2, 0) is 9.05 Å². The van der Waals surface area contributed by atoms with E-state index in [1.807, 2.05) is 6.07 Å². The first-order chi connectivity index (χ1) is 7.34. The standard InChI is InChI=1S/C10H10ClNO3S/c1-7-5-9(16(11,13)14)3-4-10(7)15-8(2)6-12/h3-5,8H,1-2H3. The van der Waals surface area contributed by atoms with Crippen LogP contribution in [0, 0.1) is 18.3 Å². The molecule has 0 aliphatic carbocycles. The second-order valence-corrected chi connectivity index (χ2v) is 5.82. The SMILES string of the molecule is Cc1cc(S(=O)(=O)Cl)ccc1OC(C)C#N. The second kappa shape index (κ2) is 4.73. The van der Waals surface area contributed by atoms with Crippen LogP contribution >= 0.6 is 10.7 Å². The van der Waals surface area contributed by atoms with Crippen molar-refractivity contribution >= 4 is 19.7 Å². The van der Waals surface area contributed by atoms with E-state index in [1.54, 1.807) is 13.8 Å². The van der Waals surface area contributed by atoms with Gasteiger partial charge in [-0.3, -0.25) is 0 Å². The normalized spacial score (nSPS) is 12.9. The molecule has 0 heterocycles. The van der Waals surface area contributed by atoms with E-state index in [0.29, 0.717) is 11.3 Å². The van der Waals surface area contributed by atoms with E-state index in [0.717, 1.165) is 0 Å². The van der Waals surface area contributed by atoms with E-state index in [2.05, 4.69) is 0 Å². The van der Waals surface area contributed by atoms with Crippen LogP contribution in [0.4, 0.5) is 0 Å². The minimum Gasteiger partial charge on any atom is -0.476 e. The Hall–Kier alpha value is -1.25. The van der Waals surface area contributed by atoms with Crippen molar-refractivity contribution in [1.29, 1.82) is 5.26 Å². The third-order valence-corrected chi connectivity index (χ3v) is 3.27. The van der Waals surface area contributed by atoms with Gasteiger partial charge in [0.1, 0.15) is 11.8 Å². The van der Waals surface area contributed by atoms with Crippen LogP contribution in [0.25, 0.3) is 0 Å². The Bertz CT molecular complexity index is 533. The molecule has 1 unspecified atom stereocenters. The van der Waals surface area contributed by atoms with Gasteiger partial charge in [0.05, 0.1) is 4.90 Å². The third-order valence-electron chi connectivity index (χ3n) is 1.91. The van der Waals surface area contributed by atoms with Gasteiger partial charge in [0, 0.05) is 10.7 Å². The zero-order valence-corrected chi connectivity index (χ0v) is 10.3. The van der Waals surface area contributed by atoms with E-state index >= 15 is 0 Å². The van der Waals surface area contributed by atoms with E-state index in [-0.39, 0.29) is 4.90 Å². The minimum absolute atomic E-state index is 0.0172. The summed E-state index contributed by atoms with van der Waals surface area (Å²) in [4.78, 5) is 0.0172. The van der Waals surface area contributed by atoms with Gasteiger partial charge in [0.2, 0.25) is 0 Å². The predicted octanol–water partition coefficient (Wildman–Crippen LogP) is 2.21. The number of aryl methyl sites for hydroxylation is 1. The molecule has 86 valence electrons. The van der Waals surface area contributed by atoms with E-state index in [9.17, 15) is 8.42 Å². The summed E-state index contributed by atoms with van der Waals surface area (Å²) < 4.78 is 27.4. The molecular weight excluding hydrogens is 250 g/mol. The maximum absolute atomic E-state index is 11.0. The fourth-order valence-corrected chi connectivity index (χ4v) is 1.96. The number of nitriles is 1. The van der Waals surface area contributed by atoms with Crippen LogP contribution in [0.15, 0.2) is 23.1 Å². The monoisotopic (exact) mass is 259 g/mol. The molecule has 0 spiro atoms. The van der Waals surface area contributed by atoms with E-state index < -0.39 is 15.2 Å². The van der Waals surface area contributed by atoms with E-state index in [1.165, 1.54) is 18.2 Å². The van der Waals surface area contributed by atoms with Crippen LogP contribution in [0.1, 0.15) is 12.5 Å². The molecule has 1 aromatic carbocycles. The first-order valence-electron chi connectivity index (χ1n) is 4.46. The molecule has 1 atom stereocenters. The average Bonchev–Trinajstić information content (AvgIpc) is 2.19. The Kier molecular flexibility index (Phi) is 3.79. The molecule has 4 nitrogen and oxygen atoms in total. The lowest BCUT2D eigenvalue weighted by atomic mass is 10.2. The Morgan fingerprint density at radius 3 is 2.56 bits per heavy atom. The summed E-state index contributed by atoms with van der Waals surface area (Å²) >= 11 is 0. The molecule has 0 N–H and O–H groups in total. The second-order valence-electron chi connectivity index (χ2n) is 3.25. The summed E-state index contributed by atoms with van der Waals surface area (Å²) in [7, 11) is 1.47. The molecule has 16 heavy (non-hydrogen) atoms. The van der Waals surface area contributed by atoms with Gasteiger partial charge in [-0.05, 0) is 37.6 Å². The topological polar surface area (TPSA) is 67.2 Å². The molecule has 0 saturated carbocycles. The zero-order valence-electron chi connectivity index (χ0n) is 8.77. The van der Waals surface area contributed by atoms with Crippen LogP contribution in [0.5, 0.6) is 5.75 Å². The molecule has 0 saturated heterocycles. The predicted molar refractivity (Wildman–Crippen MR) is 59.9 cm³/mol. The molecule has 0 aliphatic rings. The van der Waals surface area contributed by atoms with Crippen molar-refractivity contribution in [2.45, 2.75) is 24.8 Å². The number of ether oxygens (including phenoxy) is 1. The summed E-state index contributed by atoms with van der Waals surface area (Å²) in [6.45, 7) is 3.29. The van der Waals surface area contributed by atoms with E-state index in [4.69, 9.17) is 20.7 Å². The summed E-state index contributed by atoms with van der Waals surface area (Å²) in [6.07, 6.45) is -0.586. The minimum atomic E-state index is -3.72. The third kappa shape index (κ3) is 3.12. The summed E-state index contributed by atoms with van der Waals surface area (Å²) in [5.41, 5.74) is 0.615. The fourth-order valence-electron chi connectivity index (χ4n) is 1.12. The van der Waals surface area contributed by atoms with Gasteiger partial charge in [0.25, 0.3) is 9.05 Å². The largest absolute Gasteiger partial charge is 0.476 e. The Balaban J connectivity index is 3.07. The first kappa shape index (κ1) is 12.8. The Labute approximate surface area is 98.8 Å². The van der Waals surface area contributed by atoms with Crippen molar-refractivity contribution in [3.05, 3.63) is 23.8 Å². The van der Waals surface area contributed by atoms with Crippen LogP contribution in [0.2, 0.25) is 0 Å². The lowest BCUT2D eigenvalue weighted by molar-refractivity contribution is 0.274. The zero-order chi connectivity index (χ0) is 12.3. The number of hydrogen-bond donors (Lipinski definition) is 0. The van der Waals surface area contributed by atoms with Gasteiger partial charge in [0.15, 0.2) is 6.10 Å². The van der Waals surface area contributed by atoms with Crippen LogP contribution in [-0.4, -0.2) is 14.5 Å². The van der Waals surface area contributed by atoms with Gasteiger partial charge < -0.3 is 4.74 Å². The van der Waals surface area contributed by atoms with Gasteiger partial charge in [-0.25, -0.2) is 8.42 Å². The Morgan fingerprint density at radius 2 is 2.12 bits per heavy atom. The molecular formula is C10H10ClNO3S. The quantitative estimate of drug-likeness (QED) is 0.781. The van der Waals surface area contributed by atoms with Crippen LogP contribution in [0.3, 0.4) is 0 Å². The molecule has 0 fully saturated rings. The lowest BCUT2D eigenvalue weighted by Gasteiger charge is -2.10. The lowest BCUT2D eigenvalue weighted by Crippen LogP contribution is -2.09. The number of rotatable bonds is 3. The highest BCUT2D eigenvalue weighted by molar-refractivity contribution is 8.13. The van der Waals surface area contributed by atoms with Crippen LogP contribution < -0.4 is 4.74 Å². The Morgan fingerprint density at radius 1 is 1.50 bits per heavy atom. The molecule has 0 amide bonds. The van der Waals surface area contributed by atoms with Gasteiger partial charge in [-0.1, -0.05) is 0 Å². The molecule has 1 aromatic rings. The molecule has 6 heteroatoms. The molecule has 0 aliphatic heterocycles. The van der Waals surface area contributed by atoms with Gasteiger partial charge >= 0.3 is 0 Å². The number of hydrogen-bond acceptors (Lipinski definition) is 4. The maximum Gasteiger partial charge on any atom is 0.261 e. The van der Waals surface area contributed by atoms with Crippen molar-refractivity contribution in [2.75, 3.05) is 0 Å². The fraction of sp³-hybridized carbons (Fsp3) is 0.300. The molecule has 1 rings (SSSR count). The number of nitrogens with zero attached hydrogens (tertiary/aromatic N) is 1. The summed E-state index contributed by atoms with van der Waals surface area (Å²) in [5, 5.41) is 8.58. The molecule has 0 bridgehead atoms.